The number of hydroxylamine groups is 2. The summed E-state index contributed by atoms with van der Waals surface area (Å²) in [4.78, 5) is 21.8. The number of amides is 1. The van der Waals surface area contributed by atoms with Crippen LogP contribution in [0.1, 0.15) is 38.8 Å². The summed E-state index contributed by atoms with van der Waals surface area (Å²) in [6.45, 7) is 6.18. The van der Waals surface area contributed by atoms with Crippen molar-refractivity contribution in [2.75, 3.05) is 6.61 Å². The largest absolute Gasteiger partial charge is 0.272 e. The molecule has 0 spiro atoms. The average molecular weight is 269 g/mol. The number of aromatic nitrogens is 1. The van der Waals surface area contributed by atoms with Crippen LogP contribution in [0, 0.1) is 5.41 Å². The number of rotatable bonds is 1. The number of nitrogens with zero attached hydrogens (tertiary/aromatic N) is 2. The van der Waals surface area contributed by atoms with Crippen LogP contribution in [-0.4, -0.2) is 22.6 Å². The molecule has 0 aliphatic carbocycles. The Kier molecular flexibility index (Phi) is 3.59. The van der Waals surface area contributed by atoms with Gasteiger partial charge in [0.25, 0.3) is 5.91 Å². The van der Waals surface area contributed by atoms with Gasteiger partial charge >= 0.3 is 0 Å². The molecule has 18 heavy (non-hydrogen) atoms. The van der Waals surface area contributed by atoms with E-state index in [1.54, 1.807) is 12.4 Å². The fourth-order valence-corrected chi connectivity index (χ4v) is 2.10. The first-order valence-electron chi connectivity index (χ1n) is 5.96. The molecular weight excluding hydrogens is 252 g/mol. The van der Waals surface area contributed by atoms with E-state index in [4.69, 9.17) is 16.4 Å². The number of carbonyl (C=O) groups excluding carboxylic acids is 1. The Morgan fingerprint density at radius 1 is 1.50 bits per heavy atom. The van der Waals surface area contributed by atoms with Crippen molar-refractivity contribution in [1.82, 2.24) is 10.0 Å². The number of halogens is 1. The minimum absolute atomic E-state index is 0.0232. The van der Waals surface area contributed by atoms with E-state index in [-0.39, 0.29) is 11.9 Å². The highest BCUT2D eigenvalue weighted by molar-refractivity contribution is 6.30. The molecule has 1 aromatic rings. The lowest BCUT2D eigenvalue weighted by atomic mass is 9.94. The summed E-state index contributed by atoms with van der Waals surface area (Å²) in [6.07, 6.45) is 4.08. The molecule has 1 amide bonds. The molecule has 1 atom stereocenters. The van der Waals surface area contributed by atoms with Crippen LogP contribution in [0.3, 0.4) is 0 Å². The Bertz CT molecular complexity index is 457. The molecule has 0 aromatic carbocycles. The molecule has 1 aliphatic rings. The summed E-state index contributed by atoms with van der Waals surface area (Å²) in [6, 6.07) is 1.74. The Labute approximate surface area is 112 Å². The zero-order valence-electron chi connectivity index (χ0n) is 10.8. The van der Waals surface area contributed by atoms with Gasteiger partial charge in [-0.3, -0.25) is 14.6 Å². The quantitative estimate of drug-likeness (QED) is 0.786. The zero-order valence-corrected chi connectivity index (χ0v) is 11.6. The van der Waals surface area contributed by atoms with E-state index in [0.717, 1.165) is 12.0 Å². The van der Waals surface area contributed by atoms with E-state index < -0.39 is 5.41 Å². The Morgan fingerprint density at radius 3 is 2.83 bits per heavy atom. The fraction of sp³-hybridized carbons (Fsp3) is 0.538. The molecule has 1 fully saturated rings. The first-order chi connectivity index (χ1) is 8.39. The number of hydrogen-bond donors (Lipinski definition) is 0. The van der Waals surface area contributed by atoms with Crippen molar-refractivity contribution < 1.29 is 9.63 Å². The molecular formula is C13H17ClN2O2. The predicted molar refractivity (Wildman–Crippen MR) is 68.9 cm³/mol. The molecule has 0 saturated carbocycles. The van der Waals surface area contributed by atoms with Crippen LogP contribution < -0.4 is 0 Å². The van der Waals surface area contributed by atoms with Gasteiger partial charge in [0.05, 0.1) is 17.7 Å². The highest BCUT2D eigenvalue weighted by Gasteiger charge is 2.37. The van der Waals surface area contributed by atoms with Crippen molar-refractivity contribution in [3.63, 3.8) is 0 Å². The van der Waals surface area contributed by atoms with Crippen LogP contribution in [0.4, 0.5) is 0 Å². The van der Waals surface area contributed by atoms with Gasteiger partial charge in [-0.1, -0.05) is 32.4 Å². The second-order valence-electron chi connectivity index (χ2n) is 5.46. The number of carbonyl (C=O) groups is 1. The van der Waals surface area contributed by atoms with Gasteiger partial charge in [0.15, 0.2) is 0 Å². The monoisotopic (exact) mass is 268 g/mol. The highest BCUT2D eigenvalue weighted by Crippen LogP contribution is 2.34. The van der Waals surface area contributed by atoms with Gasteiger partial charge in [0.2, 0.25) is 0 Å². The topological polar surface area (TPSA) is 42.4 Å². The lowest BCUT2D eigenvalue weighted by molar-refractivity contribution is -0.186. The lowest BCUT2D eigenvalue weighted by Gasteiger charge is -2.29. The summed E-state index contributed by atoms with van der Waals surface area (Å²) >= 11 is 5.93. The van der Waals surface area contributed by atoms with Crippen molar-refractivity contribution in [3.8, 4) is 0 Å². The van der Waals surface area contributed by atoms with Crippen LogP contribution in [-0.2, 0) is 9.63 Å². The summed E-state index contributed by atoms with van der Waals surface area (Å²) in [5.74, 6) is -0.0232. The van der Waals surface area contributed by atoms with Crippen LogP contribution in [0.25, 0.3) is 0 Å². The van der Waals surface area contributed by atoms with Crippen molar-refractivity contribution in [1.29, 1.82) is 0 Å². The molecule has 0 unspecified atom stereocenters. The van der Waals surface area contributed by atoms with Gasteiger partial charge in [-0.05, 0) is 11.6 Å². The molecule has 0 radical (unpaired) electrons. The maximum atomic E-state index is 12.3. The zero-order chi connectivity index (χ0) is 13.3. The van der Waals surface area contributed by atoms with Crippen molar-refractivity contribution in [2.45, 2.75) is 33.2 Å². The minimum atomic E-state index is -0.464. The minimum Gasteiger partial charge on any atom is -0.272 e. The standard InChI is InChI=1S/C13H17ClN2O2/c1-13(2,3)12(17)16-11(4-5-18-16)9-6-10(14)8-15-7-9/h6-8,11H,4-5H2,1-3H3/t11-/m0/s1. The highest BCUT2D eigenvalue weighted by atomic mass is 35.5. The summed E-state index contributed by atoms with van der Waals surface area (Å²) < 4.78 is 0. The maximum absolute atomic E-state index is 12.3. The normalized spacial score (nSPS) is 20.2. The maximum Gasteiger partial charge on any atom is 0.252 e. The molecule has 0 bridgehead atoms. The van der Waals surface area contributed by atoms with Gasteiger partial charge in [-0.2, -0.15) is 0 Å². The molecule has 2 heterocycles. The van der Waals surface area contributed by atoms with E-state index in [1.165, 1.54) is 5.06 Å². The van der Waals surface area contributed by atoms with Crippen molar-refractivity contribution >= 4 is 17.5 Å². The van der Waals surface area contributed by atoms with Gasteiger partial charge in [0.1, 0.15) is 0 Å². The molecule has 0 N–H and O–H groups in total. The summed E-state index contributed by atoms with van der Waals surface area (Å²) in [5.41, 5.74) is 0.451. The number of pyridine rings is 1. The van der Waals surface area contributed by atoms with E-state index in [0.29, 0.717) is 11.6 Å². The molecule has 1 aromatic heterocycles. The SMILES string of the molecule is CC(C)(C)C(=O)N1OCC[C@H]1c1cncc(Cl)c1. The van der Waals surface area contributed by atoms with Crippen LogP contribution in [0.2, 0.25) is 5.02 Å². The Hall–Kier alpha value is -1.13. The van der Waals surface area contributed by atoms with Crippen LogP contribution >= 0.6 is 11.6 Å². The van der Waals surface area contributed by atoms with Crippen LogP contribution in [0.15, 0.2) is 18.5 Å². The smallest absolute Gasteiger partial charge is 0.252 e. The van der Waals surface area contributed by atoms with E-state index in [9.17, 15) is 4.79 Å². The molecule has 4 nitrogen and oxygen atoms in total. The van der Waals surface area contributed by atoms with E-state index in [1.807, 2.05) is 26.8 Å². The Morgan fingerprint density at radius 2 is 2.22 bits per heavy atom. The molecule has 98 valence electrons. The first-order valence-corrected chi connectivity index (χ1v) is 6.34. The van der Waals surface area contributed by atoms with Gasteiger partial charge < -0.3 is 0 Å². The second kappa shape index (κ2) is 4.86. The third-order valence-electron chi connectivity index (χ3n) is 2.86. The predicted octanol–water partition coefficient (Wildman–Crippen LogP) is 2.99. The third-order valence-corrected chi connectivity index (χ3v) is 3.06. The van der Waals surface area contributed by atoms with Gasteiger partial charge in [-0.15, -0.1) is 0 Å². The summed E-state index contributed by atoms with van der Waals surface area (Å²) in [5, 5.41) is 2.04. The third kappa shape index (κ3) is 2.65. The second-order valence-corrected chi connectivity index (χ2v) is 5.89. The average Bonchev–Trinajstić information content (AvgIpc) is 2.75. The summed E-state index contributed by atoms with van der Waals surface area (Å²) in [7, 11) is 0. The molecule has 2 rings (SSSR count). The van der Waals surface area contributed by atoms with Gasteiger partial charge in [0, 0.05) is 24.2 Å². The van der Waals surface area contributed by atoms with Crippen LogP contribution in [0.5, 0.6) is 0 Å². The van der Waals surface area contributed by atoms with E-state index >= 15 is 0 Å². The molecule has 1 aliphatic heterocycles. The number of hydrogen-bond acceptors (Lipinski definition) is 3. The van der Waals surface area contributed by atoms with Crippen molar-refractivity contribution in [2.24, 2.45) is 5.41 Å². The Balaban J connectivity index is 2.25. The van der Waals surface area contributed by atoms with E-state index in [2.05, 4.69) is 4.98 Å². The lowest BCUT2D eigenvalue weighted by Crippen LogP contribution is -2.38. The molecule has 5 heteroatoms. The molecule has 1 saturated heterocycles. The first kappa shape index (κ1) is 13.3. The van der Waals surface area contributed by atoms with Crippen molar-refractivity contribution in [3.05, 3.63) is 29.0 Å². The fourth-order valence-electron chi connectivity index (χ4n) is 1.91. The van der Waals surface area contributed by atoms with Gasteiger partial charge in [-0.25, -0.2) is 5.06 Å².